The van der Waals surface area contributed by atoms with Crippen LogP contribution < -0.4 is 9.47 Å². The third kappa shape index (κ3) is 5.02. The number of aryl methyl sites for hydroxylation is 1. The maximum Gasteiger partial charge on any atom is 0.212 e. The minimum absolute atomic E-state index is 1.10. The summed E-state index contributed by atoms with van der Waals surface area (Å²) in [5.41, 5.74) is 3.88. The number of hydrogen-bond donors (Lipinski definition) is 0. The Morgan fingerprint density at radius 3 is 2.47 bits per heavy atom. The van der Waals surface area contributed by atoms with Crippen molar-refractivity contribution in [2.24, 2.45) is 7.05 Å². The van der Waals surface area contributed by atoms with E-state index in [1.54, 1.807) is 0 Å². The van der Waals surface area contributed by atoms with Gasteiger partial charge in [0.05, 0.1) is 10.7 Å². The largest absolute Gasteiger partial charge is 0.335 e. The molecule has 156 valence electrons. The van der Waals surface area contributed by atoms with E-state index in [0.29, 0.717) is 0 Å². The van der Waals surface area contributed by atoms with Crippen molar-refractivity contribution in [2.45, 2.75) is 43.4 Å². The average molecular weight is 530 g/mol. The molecule has 0 fully saturated rings. The average Bonchev–Trinajstić information content (AvgIpc) is 3.12. The van der Waals surface area contributed by atoms with E-state index in [0.717, 1.165) is 6.54 Å². The quantitative estimate of drug-likeness (QED) is 0.124. The van der Waals surface area contributed by atoms with E-state index in [1.807, 2.05) is 11.8 Å². The Hall–Kier alpha value is -1.53. The van der Waals surface area contributed by atoms with E-state index in [1.165, 1.54) is 75.2 Å². The highest BCUT2D eigenvalue weighted by Crippen LogP contribution is 2.46. The molecule has 4 rings (SSSR count). The molecule has 0 radical (unpaired) electrons. The zero-order chi connectivity index (χ0) is 20.8. The highest BCUT2D eigenvalue weighted by atomic mass is 127. The van der Waals surface area contributed by atoms with Gasteiger partial charge in [-0.05, 0) is 41.5 Å². The molecule has 2 nitrogen and oxygen atoms in total. The summed E-state index contributed by atoms with van der Waals surface area (Å²) in [6.07, 6.45) is 10.4. The number of unbranched alkanes of at least 4 members (excludes halogenated alkanes) is 5. The fourth-order valence-corrected chi connectivity index (χ4v) is 5.77. The first kappa shape index (κ1) is 21.7. The summed E-state index contributed by atoms with van der Waals surface area (Å²) in [6, 6.07) is 21.9. The van der Waals surface area contributed by atoms with E-state index in [-0.39, 0.29) is 0 Å². The van der Waals surface area contributed by atoms with Gasteiger partial charge in [0, 0.05) is 35.0 Å². The van der Waals surface area contributed by atoms with Crippen molar-refractivity contribution in [3.05, 3.63) is 71.4 Å². The van der Waals surface area contributed by atoms with E-state index in [2.05, 4.69) is 106 Å². The Balaban J connectivity index is 1.52. The van der Waals surface area contributed by atoms with Crippen molar-refractivity contribution in [1.82, 2.24) is 0 Å². The van der Waals surface area contributed by atoms with Crippen LogP contribution in [0.25, 0.3) is 17.0 Å². The number of rotatable bonds is 9. The lowest BCUT2D eigenvalue weighted by Crippen LogP contribution is -2.33. The van der Waals surface area contributed by atoms with Gasteiger partial charge in [0.15, 0.2) is 0 Å². The van der Waals surface area contributed by atoms with Crippen molar-refractivity contribution in [3.63, 3.8) is 0 Å². The standard InChI is InChI=1S/C26H30IN2S/c1-28-22(17-16-21-12-6-7-13-23(21)28)20-26-29(19-11-5-3-2-4-10-18-27)24-14-8-9-15-25(24)30-26/h6-9,12-17,20H,2-5,10-11,18-19H2,1H3/q+1. The van der Waals surface area contributed by atoms with E-state index in [9.17, 15) is 0 Å². The van der Waals surface area contributed by atoms with Crippen molar-refractivity contribution in [2.75, 3.05) is 15.9 Å². The summed E-state index contributed by atoms with van der Waals surface area (Å²) in [4.78, 5) is 3.90. The molecule has 2 aromatic carbocycles. The van der Waals surface area contributed by atoms with E-state index < -0.39 is 0 Å². The summed E-state index contributed by atoms with van der Waals surface area (Å²) in [6.45, 7) is 1.10. The number of benzene rings is 2. The third-order valence-corrected chi connectivity index (χ3v) is 7.67. The number of hydrogen-bond acceptors (Lipinski definition) is 2. The maximum atomic E-state index is 2.53. The van der Waals surface area contributed by atoms with Crippen LogP contribution in [0.4, 0.5) is 5.69 Å². The van der Waals surface area contributed by atoms with E-state index >= 15 is 0 Å². The minimum Gasteiger partial charge on any atom is -0.335 e. The molecular formula is C26H30IN2S+. The first-order valence-corrected chi connectivity index (χ1v) is 13.3. The van der Waals surface area contributed by atoms with Crippen molar-refractivity contribution >= 4 is 57.0 Å². The first-order valence-electron chi connectivity index (χ1n) is 11.0. The van der Waals surface area contributed by atoms with Gasteiger partial charge in [-0.25, -0.2) is 0 Å². The molecule has 0 spiro atoms. The number of alkyl halides is 1. The highest BCUT2D eigenvalue weighted by Gasteiger charge is 2.25. The van der Waals surface area contributed by atoms with Gasteiger partial charge >= 0.3 is 0 Å². The van der Waals surface area contributed by atoms with E-state index in [4.69, 9.17) is 0 Å². The monoisotopic (exact) mass is 529 g/mol. The van der Waals surface area contributed by atoms with Crippen LogP contribution in [0, 0.1) is 0 Å². The van der Waals surface area contributed by atoms with Crippen LogP contribution in [-0.2, 0) is 7.05 Å². The molecule has 0 saturated heterocycles. The molecule has 0 unspecified atom stereocenters. The van der Waals surface area contributed by atoms with Gasteiger partial charge in [0.1, 0.15) is 7.05 Å². The van der Waals surface area contributed by atoms with Crippen LogP contribution in [0.2, 0.25) is 0 Å². The van der Waals surface area contributed by atoms with Gasteiger partial charge in [-0.1, -0.05) is 84.3 Å². The van der Waals surface area contributed by atoms with Crippen molar-refractivity contribution in [3.8, 4) is 0 Å². The summed E-state index contributed by atoms with van der Waals surface area (Å²) in [7, 11) is 2.17. The van der Waals surface area contributed by atoms with Gasteiger partial charge in [-0.15, -0.1) is 0 Å². The summed E-state index contributed by atoms with van der Waals surface area (Å²) >= 11 is 4.38. The highest BCUT2D eigenvalue weighted by molar-refractivity contribution is 14.1. The number of thioether (sulfide) groups is 1. The van der Waals surface area contributed by atoms with Crippen LogP contribution in [0.1, 0.15) is 44.2 Å². The summed E-state index contributed by atoms with van der Waals surface area (Å²) < 4.78 is 3.59. The second-order valence-corrected chi connectivity index (χ2v) is 10.0. The van der Waals surface area contributed by atoms with Crippen LogP contribution in [0.3, 0.4) is 0 Å². The zero-order valence-corrected chi connectivity index (χ0v) is 20.7. The van der Waals surface area contributed by atoms with Crippen LogP contribution in [-0.4, -0.2) is 11.0 Å². The van der Waals surface area contributed by atoms with Crippen molar-refractivity contribution < 1.29 is 4.57 Å². The number of anilines is 1. The molecule has 4 heteroatoms. The lowest BCUT2D eigenvalue weighted by Gasteiger charge is -2.20. The molecule has 0 amide bonds. The SMILES string of the molecule is C[n+]1c(/C=C2\Sc3ccccc3N2CCCCCCCCI)ccc2ccccc21. The van der Waals surface area contributed by atoms with Gasteiger partial charge < -0.3 is 4.90 Å². The molecule has 1 aliphatic heterocycles. The second-order valence-electron chi connectivity index (χ2n) is 7.89. The number of para-hydroxylation sites is 2. The molecule has 0 saturated carbocycles. The topological polar surface area (TPSA) is 7.12 Å². The molecule has 3 aromatic rings. The van der Waals surface area contributed by atoms with Gasteiger partial charge in [-0.2, -0.15) is 4.57 Å². The third-order valence-electron chi connectivity index (χ3n) is 5.79. The minimum atomic E-state index is 1.10. The zero-order valence-electron chi connectivity index (χ0n) is 17.7. The fourth-order valence-electron chi connectivity index (χ4n) is 4.09. The lowest BCUT2D eigenvalue weighted by molar-refractivity contribution is -0.646. The molecule has 30 heavy (non-hydrogen) atoms. The Bertz CT molecular complexity index is 1030. The summed E-state index contributed by atoms with van der Waals surface area (Å²) in [5, 5.41) is 2.62. The number of fused-ring (bicyclic) bond motifs is 2. The normalized spacial score (nSPS) is 14.6. The number of pyridine rings is 1. The lowest BCUT2D eigenvalue weighted by atomic mass is 10.1. The number of aromatic nitrogens is 1. The number of halogens is 1. The fraction of sp³-hybridized carbons (Fsp3) is 0.346. The molecule has 1 aromatic heterocycles. The Labute approximate surface area is 198 Å². The molecular weight excluding hydrogens is 499 g/mol. The van der Waals surface area contributed by atoms with Crippen LogP contribution in [0.15, 0.2) is 70.6 Å². The van der Waals surface area contributed by atoms with Crippen LogP contribution >= 0.6 is 34.4 Å². The number of nitrogens with zero attached hydrogens (tertiary/aromatic N) is 2. The molecule has 2 heterocycles. The second kappa shape index (κ2) is 10.7. The molecule has 0 aliphatic carbocycles. The van der Waals surface area contributed by atoms with Crippen LogP contribution in [0.5, 0.6) is 0 Å². The van der Waals surface area contributed by atoms with Gasteiger partial charge in [0.2, 0.25) is 11.2 Å². The maximum absolute atomic E-state index is 2.53. The summed E-state index contributed by atoms with van der Waals surface area (Å²) in [5.74, 6) is 0. The predicted molar refractivity (Wildman–Crippen MR) is 139 cm³/mol. The molecule has 1 aliphatic rings. The van der Waals surface area contributed by atoms with Gasteiger partial charge in [0.25, 0.3) is 0 Å². The smallest absolute Gasteiger partial charge is 0.212 e. The van der Waals surface area contributed by atoms with Crippen molar-refractivity contribution in [1.29, 1.82) is 0 Å². The molecule has 0 atom stereocenters. The first-order chi connectivity index (χ1) is 14.8. The Kier molecular flexibility index (Phi) is 7.72. The Morgan fingerprint density at radius 1 is 0.867 bits per heavy atom. The Morgan fingerprint density at radius 2 is 1.60 bits per heavy atom. The molecule has 0 N–H and O–H groups in total. The molecule has 0 bridgehead atoms. The van der Waals surface area contributed by atoms with Gasteiger partial charge in [-0.3, -0.25) is 0 Å². The predicted octanol–water partition coefficient (Wildman–Crippen LogP) is 7.35.